The molecule has 6 rings (SSSR count). The fraction of sp³-hybridized carbons (Fsp3) is 0.519. The van der Waals surface area contributed by atoms with E-state index in [9.17, 15) is 4.79 Å². The van der Waals surface area contributed by atoms with Crippen molar-refractivity contribution in [3.05, 3.63) is 53.1 Å². The predicted molar refractivity (Wildman–Crippen MR) is 125 cm³/mol. The maximum absolute atomic E-state index is 14.2. The highest BCUT2D eigenvalue weighted by molar-refractivity contribution is 6.11. The van der Waals surface area contributed by atoms with E-state index in [0.717, 1.165) is 67.2 Å². The summed E-state index contributed by atoms with van der Waals surface area (Å²) in [5.41, 5.74) is 3.84. The quantitative estimate of drug-likeness (QED) is 0.715. The van der Waals surface area contributed by atoms with Crippen molar-refractivity contribution in [2.75, 3.05) is 37.7 Å². The van der Waals surface area contributed by atoms with Crippen molar-refractivity contribution in [1.29, 1.82) is 0 Å². The summed E-state index contributed by atoms with van der Waals surface area (Å²) in [4.78, 5) is 18.8. The molecule has 2 aromatic carbocycles. The molecular formula is C27H32N2O3. The standard InChI is InChI=1S/C27H32N2O3/c1-26(2,3)28-11-8-18(9-12-28)16-29-22-7-5-4-6-20(22)27(25(29)30)17-32-24-15-23-19(10-13-31-23)14-21(24)27/h4-7,14-15,18H,8-13,16-17H2,1-3H3. The number of ether oxygens (including phenoxy) is 2. The van der Waals surface area contributed by atoms with Gasteiger partial charge >= 0.3 is 0 Å². The maximum Gasteiger partial charge on any atom is 0.245 e. The van der Waals surface area contributed by atoms with Gasteiger partial charge < -0.3 is 14.4 Å². The Morgan fingerprint density at radius 1 is 1.03 bits per heavy atom. The van der Waals surface area contributed by atoms with Crippen LogP contribution < -0.4 is 14.4 Å². The number of rotatable bonds is 2. The van der Waals surface area contributed by atoms with Crippen molar-refractivity contribution >= 4 is 11.6 Å². The molecule has 1 fully saturated rings. The largest absolute Gasteiger partial charge is 0.493 e. The number of hydrogen-bond acceptors (Lipinski definition) is 4. The third kappa shape index (κ3) is 2.83. The Balaban J connectivity index is 1.33. The average molecular weight is 433 g/mol. The number of piperidine rings is 1. The highest BCUT2D eigenvalue weighted by Gasteiger charge is 2.57. The molecule has 5 nitrogen and oxygen atoms in total. The van der Waals surface area contributed by atoms with Gasteiger partial charge in [0.1, 0.15) is 23.5 Å². The van der Waals surface area contributed by atoms with E-state index in [1.807, 2.05) is 18.2 Å². The summed E-state index contributed by atoms with van der Waals surface area (Å²) in [6.45, 7) is 10.9. The molecule has 0 radical (unpaired) electrons. The summed E-state index contributed by atoms with van der Waals surface area (Å²) in [5.74, 6) is 2.40. The van der Waals surface area contributed by atoms with Crippen LogP contribution in [-0.4, -0.2) is 49.2 Å². The predicted octanol–water partition coefficient (Wildman–Crippen LogP) is 4.16. The monoisotopic (exact) mass is 432 g/mol. The minimum Gasteiger partial charge on any atom is -0.493 e. The maximum atomic E-state index is 14.2. The lowest BCUT2D eigenvalue weighted by Gasteiger charge is -2.41. The Bertz CT molecular complexity index is 1080. The Kier molecular flexibility index (Phi) is 4.39. The summed E-state index contributed by atoms with van der Waals surface area (Å²) in [5, 5.41) is 0. The van der Waals surface area contributed by atoms with Gasteiger partial charge in [-0.1, -0.05) is 18.2 Å². The Labute approximate surface area is 190 Å². The molecule has 1 amide bonds. The first kappa shape index (κ1) is 20.1. The molecule has 4 heterocycles. The first-order chi connectivity index (χ1) is 15.4. The molecule has 32 heavy (non-hydrogen) atoms. The lowest BCUT2D eigenvalue weighted by Crippen LogP contribution is -2.49. The molecule has 1 saturated heterocycles. The number of nitrogens with zero attached hydrogens (tertiary/aromatic N) is 2. The Morgan fingerprint density at radius 3 is 2.59 bits per heavy atom. The van der Waals surface area contributed by atoms with Crippen LogP contribution in [0.5, 0.6) is 11.5 Å². The minimum atomic E-state index is -0.727. The highest BCUT2D eigenvalue weighted by atomic mass is 16.5. The number of benzene rings is 2. The summed E-state index contributed by atoms with van der Waals surface area (Å²) < 4.78 is 11.9. The van der Waals surface area contributed by atoms with Crippen molar-refractivity contribution in [2.24, 2.45) is 5.92 Å². The Morgan fingerprint density at radius 2 is 1.81 bits per heavy atom. The van der Waals surface area contributed by atoms with Gasteiger partial charge in [-0.2, -0.15) is 0 Å². The summed E-state index contributed by atoms with van der Waals surface area (Å²) in [6.07, 6.45) is 3.16. The summed E-state index contributed by atoms with van der Waals surface area (Å²) in [6, 6.07) is 12.5. The molecule has 0 bridgehead atoms. The van der Waals surface area contributed by atoms with E-state index >= 15 is 0 Å². The van der Waals surface area contributed by atoms with E-state index < -0.39 is 5.41 Å². The van der Waals surface area contributed by atoms with Gasteiger partial charge in [0.2, 0.25) is 5.91 Å². The van der Waals surface area contributed by atoms with Crippen LogP contribution in [0.2, 0.25) is 0 Å². The van der Waals surface area contributed by atoms with Crippen LogP contribution in [0.15, 0.2) is 36.4 Å². The molecule has 4 aliphatic rings. The van der Waals surface area contributed by atoms with Crippen molar-refractivity contribution in [3.63, 3.8) is 0 Å². The van der Waals surface area contributed by atoms with Crippen LogP contribution in [0.25, 0.3) is 0 Å². The molecule has 0 N–H and O–H groups in total. The van der Waals surface area contributed by atoms with E-state index in [2.05, 4.69) is 48.8 Å². The molecule has 5 heteroatoms. The van der Waals surface area contributed by atoms with Gasteiger partial charge in [-0.05, 0) is 75.9 Å². The van der Waals surface area contributed by atoms with Gasteiger partial charge in [-0.3, -0.25) is 9.69 Å². The number of fused-ring (bicyclic) bond motifs is 5. The van der Waals surface area contributed by atoms with Crippen LogP contribution in [0, 0.1) is 5.92 Å². The van der Waals surface area contributed by atoms with Crippen molar-refractivity contribution in [3.8, 4) is 11.5 Å². The summed E-state index contributed by atoms with van der Waals surface area (Å²) in [7, 11) is 0. The second kappa shape index (κ2) is 6.98. The fourth-order valence-electron chi connectivity index (χ4n) is 6.07. The average Bonchev–Trinajstić information content (AvgIpc) is 3.45. The number of amides is 1. The third-order valence-corrected chi connectivity index (χ3v) is 7.96. The second-order valence-electron chi connectivity index (χ2n) is 10.8. The molecule has 0 aromatic heterocycles. The fourth-order valence-corrected chi connectivity index (χ4v) is 6.07. The molecule has 0 saturated carbocycles. The molecule has 0 aliphatic carbocycles. The first-order valence-electron chi connectivity index (χ1n) is 12.0. The zero-order valence-electron chi connectivity index (χ0n) is 19.3. The lowest BCUT2D eigenvalue weighted by molar-refractivity contribution is -0.122. The van der Waals surface area contributed by atoms with Gasteiger partial charge in [-0.15, -0.1) is 0 Å². The van der Waals surface area contributed by atoms with Crippen molar-refractivity contribution < 1.29 is 14.3 Å². The normalized spacial score (nSPS) is 25.0. The van der Waals surface area contributed by atoms with E-state index in [1.54, 1.807) is 0 Å². The Hall–Kier alpha value is -2.53. The van der Waals surface area contributed by atoms with Crippen molar-refractivity contribution in [2.45, 2.75) is 51.0 Å². The molecular weight excluding hydrogens is 400 g/mol. The summed E-state index contributed by atoms with van der Waals surface area (Å²) >= 11 is 0. The zero-order chi connectivity index (χ0) is 22.1. The molecule has 1 atom stereocenters. The first-order valence-corrected chi connectivity index (χ1v) is 12.0. The number of carbonyl (C=O) groups excluding carboxylic acids is 1. The third-order valence-electron chi connectivity index (χ3n) is 7.96. The zero-order valence-corrected chi connectivity index (χ0v) is 19.3. The van der Waals surface area contributed by atoms with E-state index in [0.29, 0.717) is 19.1 Å². The second-order valence-corrected chi connectivity index (χ2v) is 10.8. The van der Waals surface area contributed by atoms with Crippen LogP contribution in [0.3, 0.4) is 0 Å². The van der Waals surface area contributed by atoms with Crippen LogP contribution in [0.4, 0.5) is 5.69 Å². The molecule has 1 spiro atoms. The van der Waals surface area contributed by atoms with Crippen molar-refractivity contribution in [1.82, 2.24) is 4.90 Å². The van der Waals surface area contributed by atoms with Crippen LogP contribution >= 0.6 is 0 Å². The smallest absolute Gasteiger partial charge is 0.245 e. The highest BCUT2D eigenvalue weighted by Crippen LogP contribution is 2.54. The molecule has 2 aromatic rings. The van der Waals surface area contributed by atoms with Crippen LogP contribution in [0.1, 0.15) is 50.3 Å². The number of hydrogen-bond donors (Lipinski definition) is 0. The van der Waals surface area contributed by atoms with E-state index in [1.165, 1.54) is 5.56 Å². The molecule has 1 unspecified atom stereocenters. The van der Waals surface area contributed by atoms with E-state index in [4.69, 9.17) is 9.47 Å². The van der Waals surface area contributed by atoms with E-state index in [-0.39, 0.29) is 11.4 Å². The molecule has 4 aliphatic heterocycles. The molecule has 168 valence electrons. The van der Waals surface area contributed by atoms with Gasteiger partial charge in [0.15, 0.2) is 0 Å². The number of anilines is 1. The minimum absolute atomic E-state index is 0.176. The number of para-hydroxylation sites is 1. The van der Waals surface area contributed by atoms with Gasteiger partial charge in [0.25, 0.3) is 0 Å². The number of likely N-dealkylation sites (tertiary alicyclic amines) is 1. The van der Waals surface area contributed by atoms with Crippen LogP contribution in [-0.2, 0) is 16.6 Å². The number of carbonyl (C=O) groups is 1. The topological polar surface area (TPSA) is 42.0 Å². The van der Waals surface area contributed by atoms with Gasteiger partial charge in [-0.25, -0.2) is 0 Å². The van der Waals surface area contributed by atoms with Gasteiger partial charge in [0.05, 0.1) is 6.61 Å². The van der Waals surface area contributed by atoms with Gasteiger partial charge in [0, 0.05) is 35.8 Å². The SMILES string of the molecule is CC(C)(C)N1CCC(CN2C(=O)C3(COc4cc5c(cc43)CCO5)c3ccccc32)CC1. The lowest BCUT2D eigenvalue weighted by atomic mass is 9.76.